The molecule has 3 N–H and O–H groups in total. The quantitative estimate of drug-likeness (QED) is 0.645. The highest BCUT2D eigenvalue weighted by Gasteiger charge is 2.43. The van der Waals surface area contributed by atoms with Gasteiger partial charge in [0, 0.05) is 25.2 Å². The van der Waals surface area contributed by atoms with Crippen LogP contribution in [0.2, 0.25) is 0 Å². The van der Waals surface area contributed by atoms with E-state index in [1.54, 1.807) is 0 Å². The Balaban J connectivity index is 2.16. The van der Waals surface area contributed by atoms with Gasteiger partial charge in [-0.25, -0.2) is 0 Å². The summed E-state index contributed by atoms with van der Waals surface area (Å²) >= 11 is 0. The van der Waals surface area contributed by atoms with Crippen molar-refractivity contribution in [2.45, 2.75) is 50.7 Å². The van der Waals surface area contributed by atoms with E-state index in [9.17, 15) is 4.79 Å². The zero-order valence-electron chi connectivity index (χ0n) is 9.62. The Kier molecular flexibility index (Phi) is 2.73. The van der Waals surface area contributed by atoms with Crippen LogP contribution in [0.15, 0.2) is 0 Å². The summed E-state index contributed by atoms with van der Waals surface area (Å²) in [4.78, 5) is 14.1. The zero-order valence-corrected chi connectivity index (χ0v) is 9.62. The van der Waals surface area contributed by atoms with Gasteiger partial charge in [-0.3, -0.25) is 9.69 Å². The van der Waals surface area contributed by atoms with Crippen LogP contribution >= 0.6 is 0 Å². The van der Waals surface area contributed by atoms with Crippen LogP contribution in [-0.4, -0.2) is 41.5 Å². The number of nitrogens with two attached hydrogens (primary N) is 1. The molecule has 2 unspecified atom stereocenters. The minimum Gasteiger partial charge on any atom is -0.353 e. The fourth-order valence-electron chi connectivity index (χ4n) is 2.85. The monoisotopic (exact) mass is 211 g/mol. The van der Waals surface area contributed by atoms with E-state index in [1.807, 2.05) is 13.8 Å². The van der Waals surface area contributed by atoms with Gasteiger partial charge in [0.2, 0.25) is 5.91 Å². The summed E-state index contributed by atoms with van der Waals surface area (Å²) < 4.78 is 0. The predicted molar refractivity (Wildman–Crippen MR) is 59.4 cm³/mol. The number of nitrogens with zero attached hydrogens (tertiary/aromatic N) is 1. The molecule has 4 heteroatoms. The number of piperazine rings is 1. The summed E-state index contributed by atoms with van der Waals surface area (Å²) in [6.45, 7) is 5.67. The molecule has 1 heterocycles. The standard InChI is InChI=1S/C11H21N3O/c1-11(2)10(15)13-6-7-14(11)9-5-3-4-8(9)12/h8-9H,3-7,12H2,1-2H3,(H,13,15). The normalized spacial score (nSPS) is 36.6. The summed E-state index contributed by atoms with van der Waals surface area (Å²) in [5.74, 6) is 0.132. The Morgan fingerprint density at radius 3 is 2.80 bits per heavy atom. The van der Waals surface area contributed by atoms with E-state index in [1.165, 1.54) is 6.42 Å². The van der Waals surface area contributed by atoms with Gasteiger partial charge in [-0.2, -0.15) is 0 Å². The van der Waals surface area contributed by atoms with E-state index in [2.05, 4.69) is 10.2 Å². The van der Waals surface area contributed by atoms with Crippen molar-refractivity contribution in [3.8, 4) is 0 Å². The zero-order chi connectivity index (χ0) is 11.1. The molecule has 2 atom stereocenters. The Morgan fingerprint density at radius 2 is 2.20 bits per heavy atom. The van der Waals surface area contributed by atoms with Crippen molar-refractivity contribution in [2.75, 3.05) is 13.1 Å². The fourth-order valence-corrected chi connectivity index (χ4v) is 2.85. The molecule has 1 saturated heterocycles. The molecule has 0 bridgehead atoms. The molecular formula is C11H21N3O. The average Bonchev–Trinajstić information content (AvgIpc) is 2.57. The van der Waals surface area contributed by atoms with E-state index >= 15 is 0 Å². The maximum Gasteiger partial charge on any atom is 0.240 e. The number of carbonyl (C=O) groups excluding carboxylic acids is 1. The third kappa shape index (κ3) is 1.76. The van der Waals surface area contributed by atoms with Gasteiger partial charge in [0.1, 0.15) is 0 Å². The second kappa shape index (κ2) is 3.76. The predicted octanol–water partition coefficient (Wildman–Crippen LogP) is 0.0766. The summed E-state index contributed by atoms with van der Waals surface area (Å²) in [5, 5.41) is 2.92. The fraction of sp³-hybridized carbons (Fsp3) is 0.909. The highest BCUT2D eigenvalue weighted by atomic mass is 16.2. The third-order valence-corrected chi connectivity index (χ3v) is 3.84. The molecule has 0 aromatic heterocycles. The van der Waals surface area contributed by atoms with Gasteiger partial charge in [0.15, 0.2) is 0 Å². The molecule has 0 aromatic carbocycles. The van der Waals surface area contributed by atoms with Gasteiger partial charge in [0.05, 0.1) is 5.54 Å². The van der Waals surface area contributed by atoms with Crippen LogP contribution in [0, 0.1) is 0 Å². The molecule has 1 aliphatic heterocycles. The smallest absolute Gasteiger partial charge is 0.240 e. The van der Waals surface area contributed by atoms with Crippen LogP contribution in [0.25, 0.3) is 0 Å². The molecule has 0 aromatic rings. The minimum absolute atomic E-state index is 0.132. The second-order valence-electron chi connectivity index (χ2n) is 5.17. The van der Waals surface area contributed by atoms with Crippen LogP contribution in [0.3, 0.4) is 0 Å². The van der Waals surface area contributed by atoms with Crippen LogP contribution in [0.5, 0.6) is 0 Å². The van der Waals surface area contributed by atoms with E-state index in [0.717, 1.165) is 25.9 Å². The highest BCUT2D eigenvalue weighted by molar-refractivity contribution is 5.86. The molecule has 0 radical (unpaired) electrons. The van der Waals surface area contributed by atoms with Gasteiger partial charge >= 0.3 is 0 Å². The molecule has 86 valence electrons. The maximum absolute atomic E-state index is 11.8. The van der Waals surface area contributed by atoms with Gasteiger partial charge in [-0.15, -0.1) is 0 Å². The van der Waals surface area contributed by atoms with Crippen molar-refractivity contribution in [3.05, 3.63) is 0 Å². The third-order valence-electron chi connectivity index (χ3n) is 3.84. The molecule has 15 heavy (non-hydrogen) atoms. The van der Waals surface area contributed by atoms with Crippen molar-refractivity contribution >= 4 is 5.91 Å². The molecule has 2 rings (SSSR count). The van der Waals surface area contributed by atoms with Crippen molar-refractivity contribution in [1.82, 2.24) is 10.2 Å². The number of rotatable bonds is 1. The first kappa shape index (κ1) is 10.9. The van der Waals surface area contributed by atoms with Crippen molar-refractivity contribution in [2.24, 2.45) is 5.73 Å². The van der Waals surface area contributed by atoms with Crippen LogP contribution in [0.1, 0.15) is 33.1 Å². The lowest BCUT2D eigenvalue weighted by Gasteiger charge is -2.45. The Labute approximate surface area is 91.2 Å². The Morgan fingerprint density at radius 1 is 1.47 bits per heavy atom. The van der Waals surface area contributed by atoms with E-state index < -0.39 is 5.54 Å². The first-order valence-corrected chi connectivity index (χ1v) is 5.84. The number of hydrogen-bond acceptors (Lipinski definition) is 3. The first-order chi connectivity index (χ1) is 7.03. The number of amides is 1. The molecule has 4 nitrogen and oxygen atoms in total. The number of carbonyl (C=O) groups is 1. The topological polar surface area (TPSA) is 58.4 Å². The van der Waals surface area contributed by atoms with Gasteiger partial charge in [0.25, 0.3) is 0 Å². The molecule has 1 aliphatic carbocycles. The number of nitrogens with one attached hydrogen (secondary N) is 1. The summed E-state index contributed by atoms with van der Waals surface area (Å²) in [6.07, 6.45) is 3.43. The van der Waals surface area contributed by atoms with Crippen LogP contribution in [-0.2, 0) is 4.79 Å². The van der Waals surface area contributed by atoms with Gasteiger partial charge < -0.3 is 11.1 Å². The lowest BCUT2D eigenvalue weighted by atomic mass is 9.95. The summed E-state index contributed by atoms with van der Waals surface area (Å²) in [7, 11) is 0. The molecule has 1 amide bonds. The SMILES string of the molecule is CC1(C)C(=O)NCCN1C1CCCC1N. The van der Waals surface area contributed by atoms with Crippen LogP contribution in [0.4, 0.5) is 0 Å². The number of hydrogen-bond donors (Lipinski definition) is 2. The summed E-state index contributed by atoms with van der Waals surface area (Å²) in [5.41, 5.74) is 5.71. The van der Waals surface area contributed by atoms with E-state index in [4.69, 9.17) is 5.73 Å². The first-order valence-electron chi connectivity index (χ1n) is 5.84. The maximum atomic E-state index is 11.8. The lowest BCUT2D eigenvalue weighted by molar-refractivity contribution is -0.137. The van der Waals surface area contributed by atoms with Crippen molar-refractivity contribution in [3.63, 3.8) is 0 Å². The Hall–Kier alpha value is -0.610. The largest absolute Gasteiger partial charge is 0.353 e. The van der Waals surface area contributed by atoms with E-state index in [-0.39, 0.29) is 11.9 Å². The lowest BCUT2D eigenvalue weighted by Crippen LogP contribution is -2.66. The molecule has 1 saturated carbocycles. The summed E-state index contributed by atoms with van der Waals surface area (Å²) in [6, 6.07) is 0.640. The Bertz CT molecular complexity index is 265. The average molecular weight is 211 g/mol. The second-order valence-corrected chi connectivity index (χ2v) is 5.17. The highest BCUT2D eigenvalue weighted by Crippen LogP contribution is 2.29. The van der Waals surface area contributed by atoms with Crippen molar-refractivity contribution < 1.29 is 4.79 Å². The molecule has 2 fully saturated rings. The minimum atomic E-state index is -0.398. The molecule has 2 aliphatic rings. The van der Waals surface area contributed by atoms with Gasteiger partial charge in [-0.05, 0) is 26.7 Å². The van der Waals surface area contributed by atoms with Gasteiger partial charge in [-0.1, -0.05) is 6.42 Å². The molecule has 0 spiro atoms. The van der Waals surface area contributed by atoms with Crippen molar-refractivity contribution in [1.29, 1.82) is 0 Å². The van der Waals surface area contributed by atoms with E-state index in [0.29, 0.717) is 6.04 Å². The molecular weight excluding hydrogens is 190 g/mol. The van der Waals surface area contributed by atoms with Crippen LogP contribution < -0.4 is 11.1 Å².